The van der Waals surface area contributed by atoms with Crippen LogP contribution < -0.4 is 11.3 Å². The van der Waals surface area contributed by atoms with E-state index in [-0.39, 0.29) is 5.78 Å². The highest BCUT2D eigenvalue weighted by Crippen LogP contribution is 1.88. The van der Waals surface area contributed by atoms with Crippen LogP contribution in [0.3, 0.4) is 0 Å². The summed E-state index contributed by atoms with van der Waals surface area (Å²) in [5, 5.41) is 6.59. The zero-order chi connectivity index (χ0) is 14.9. The zero-order valence-electron chi connectivity index (χ0n) is 12.2. The monoisotopic (exact) mass is 269 g/mol. The topological polar surface area (TPSA) is 108 Å². The van der Waals surface area contributed by atoms with E-state index in [1.165, 1.54) is 11.9 Å². The minimum atomic E-state index is 0.255. The van der Waals surface area contributed by atoms with Gasteiger partial charge >= 0.3 is 0 Å². The average Bonchev–Trinajstić information content (AvgIpc) is 2.94. The van der Waals surface area contributed by atoms with E-state index in [4.69, 9.17) is 11.3 Å². The summed E-state index contributed by atoms with van der Waals surface area (Å²) in [5.41, 5.74) is 3.69. The van der Waals surface area contributed by atoms with Crippen molar-refractivity contribution in [2.24, 2.45) is 5.84 Å². The van der Waals surface area contributed by atoms with E-state index in [1.54, 1.807) is 13.3 Å². The van der Waals surface area contributed by atoms with Gasteiger partial charge in [0.25, 0.3) is 0 Å². The molecule has 0 bridgehead atoms. The van der Waals surface area contributed by atoms with E-state index in [0.717, 1.165) is 25.8 Å². The van der Waals surface area contributed by atoms with Gasteiger partial charge in [-0.15, -0.1) is 0 Å². The molecule has 0 aromatic carbocycles. The SMILES string of the molecule is CCC(C)=O.CCc1cnc[nH]1.N=CCCCNN. The maximum atomic E-state index is 9.81. The number of aromatic amines is 1. The van der Waals surface area contributed by atoms with Gasteiger partial charge in [0, 0.05) is 24.9 Å². The molecule has 110 valence electrons. The second-order valence-electron chi connectivity index (χ2n) is 3.79. The van der Waals surface area contributed by atoms with Gasteiger partial charge in [-0.3, -0.25) is 11.3 Å². The third-order valence-electron chi connectivity index (χ3n) is 2.10. The average molecular weight is 269 g/mol. The lowest BCUT2D eigenvalue weighted by molar-refractivity contribution is -0.116. The Hall–Kier alpha value is -1.53. The van der Waals surface area contributed by atoms with E-state index in [2.05, 4.69) is 22.3 Å². The van der Waals surface area contributed by atoms with E-state index in [1.807, 2.05) is 13.1 Å². The first kappa shape index (κ1) is 19.8. The lowest BCUT2D eigenvalue weighted by atomic mass is 10.3. The molecule has 0 fully saturated rings. The maximum Gasteiger partial charge on any atom is 0.129 e. The zero-order valence-corrected chi connectivity index (χ0v) is 12.2. The highest BCUT2D eigenvalue weighted by Gasteiger charge is 1.82. The molecule has 1 aromatic heterocycles. The molecule has 0 aliphatic heterocycles. The van der Waals surface area contributed by atoms with Crippen LogP contribution in [0.15, 0.2) is 12.5 Å². The summed E-state index contributed by atoms with van der Waals surface area (Å²) < 4.78 is 0. The number of aromatic nitrogens is 2. The standard InChI is InChI=1S/C5H8N2.C4H11N3.C4H8O/c1-2-5-3-6-4-7-5;5-3-1-2-4-7-6;1-3-4(2)5/h3-4H,2H2,1H3,(H,6,7);3,5,7H,1-2,4,6H2;3H2,1-2H3. The molecule has 0 amide bonds. The van der Waals surface area contributed by atoms with E-state index in [9.17, 15) is 4.79 Å². The Morgan fingerprint density at radius 1 is 1.58 bits per heavy atom. The van der Waals surface area contributed by atoms with Gasteiger partial charge in [0.2, 0.25) is 0 Å². The number of hydrogen-bond acceptors (Lipinski definition) is 5. The molecule has 0 aliphatic carbocycles. The lowest BCUT2D eigenvalue weighted by Crippen LogP contribution is -2.22. The van der Waals surface area contributed by atoms with Crippen LogP contribution in [0.5, 0.6) is 0 Å². The van der Waals surface area contributed by atoms with E-state index < -0.39 is 0 Å². The number of carbonyl (C=O) groups excluding carboxylic acids is 1. The summed E-state index contributed by atoms with van der Waals surface area (Å²) in [7, 11) is 0. The van der Waals surface area contributed by atoms with Crippen LogP contribution in [0.2, 0.25) is 0 Å². The third kappa shape index (κ3) is 19.0. The molecule has 19 heavy (non-hydrogen) atoms. The molecular weight excluding hydrogens is 242 g/mol. The number of unbranched alkanes of at least 4 members (excludes halogenated alkanes) is 1. The van der Waals surface area contributed by atoms with Crippen molar-refractivity contribution in [3.8, 4) is 0 Å². The van der Waals surface area contributed by atoms with E-state index in [0.29, 0.717) is 6.42 Å². The van der Waals surface area contributed by atoms with Crippen molar-refractivity contribution < 1.29 is 4.79 Å². The van der Waals surface area contributed by atoms with Crippen molar-refractivity contribution in [3.63, 3.8) is 0 Å². The predicted molar refractivity (Wildman–Crippen MR) is 79.1 cm³/mol. The van der Waals surface area contributed by atoms with Gasteiger partial charge in [0.15, 0.2) is 0 Å². The minimum Gasteiger partial charge on any atom is -0.349 e. The molecule has 0 unspecified atom stereocenters. The molecule has 6 heteroatoms. The molecule has 1 rings (SSSR count). The van der Waals surface area contributed by atoms with Crippen molar-refractivity contribution in [2.75, 3.05) is 6.54 Å². The number of nitrogens with one attached hydrogen (secondary N) is 3. The van der Waals surface area contributed by atoms with Gasteiger partial charge in [-0.2, -0.15) is 0 Å². The normalized spacial score (nSPS) is 8.63. The number of nitrogens with two attached hydrogens (primary N) is 1. The number of hydrazine groups is 1. The number of imidazole rings is 1. The molecule has 1 heterocycles. The highest BCUT2D eigenvalue weighted by atomic mass is 16.1. The summed E-state index contributed by atoms with van der Waals surface area (Å²) in [6.45, 7) is 6.32. The van der Waals surface area contributed by atoms with Crippen molar-refractivity contribution in [2.45, 2.75) is 46.5 Å². The second kappa shape index (κ2) is 16.5. The number of carbonyl (C=O) groups is 1. The molecule has 1 aromatic rings. The molecule has 0 aliphatic rings. The van der Waals surface area contributed by atoms with Crippen molar-refractivity contribution >= 4 is 12.0 Å². The summed E-state index contributed by atoms with van der Waals surface area (Å²) in [6, 6.07) is 0. The first-order valence-electron chi connectivity index (χ1n) is 6.51. The molecule has 0 saturated carbocycles. The Morgan fingerprint density at radius 3 is 2.47 bits per heavy atom. The van der Waals surface area contributed by atoms with Gasteiger partial charge in [-0.05, 0) is 32.4 Å². The quantitative estimate of drug-likeness (QED) is 0.273. The molecule has 6 nitrogen and oxygen atoms in total. The fourth-order valence-corrected chi connectivity index (χ4v) is 0.784. The largest absolute Gasteiger partial charge is 0.349 e. The molecule has 0 atom stereocenters. The number of nitrogens with zero attached hydrogens (tertiary/aromatic N) is 1. The predicted octanol–water partition coefficient (Wildman–Crippen LogP) is 1.84. The van der Waals surface area contributed by atoms with Crippen molar-refractivity contribution in [1.82, 2.24) is 15.4 Å². The van der Waals surface area contributed by atoms with Crippen LogP contribution in [0.4, 0.5) is 0 Å². The minimum absolute atomic E-state index is 0.255. The van der Waals surface area contributed by atoms with Gasteiger partial charge in [-0.25, -0.2) is 4.98 Å². The summed E-state index contributed by atoms with van der Waals surface area (Å²) in [5.74, 6) is 5.20. The van der Waals surface area contributed by atoms with Crippen LogP contribution in [-0.2, 0) is 11.2 Å². The Kier molecular flexibility index (Phi) is 17.2. The van der Waals surface area contributed by atoms with Crippen LogP contribution in [0.1, 0.15) is 45.7 Å². The Balaban J connectivity index is 0. The number of Topliss-reactive ketones (excluding diaryl/α,β-unsaturated/α-hetero) is 1. The number of hydrogen-bond donors (Lipinski definition) is 4. The smallest absolute Gasteiger partial charge is 0.129 e. The Morgan fingerprint density at radius 2 is 2.21 bits per heavy atom. The van der Waals surface area contributed by atoms with Crippen molar-refractivity contribution in [1.29, 1.82) is 5.41 Å². The molecule has 5 N–H and O–H groups in total. The number of H-pyrrole nitrogens is 1. The van der Waals surface area contributed by atoms with E-state index >= 15 is 0 Å². The summed E-state index contributed by atoms with van der Waals surface area (Å²) >= 11 is 0. The van der Waals surface area contributed by atoms with Crippen LogP contribution in [0, 0.1) is 5.41 Å². The van der Waals surface area contributed by atoms with Gasteiger partial charge in [0.1, 0.15) is 5.78 Å². The summed E-state index contributed by atoms with van der Waals surface area (Å²) in [6.07, 6.45) is 8.40. The maximum absolute atomic E-state index is 9.81. The molecule has 0 radical (unpaired) electrons. The third-order valence-corrected chi connectivity index (χ3v) is 2.10. The number of ketones is 1. The van der Waals surface area contributed by atoms with Crippen molar-refractivity contribution in [3.05, 3.63) is 18.2 Å². The lowest BCUT2D eigenvalue weighted by Gasteiger charge is -1.90. The first-order valence-corrected chi connectivity index (χ1v) is 6.51. The summed E-state index contributed by atoms with van der Waals surface area (Å²) in [4.78, 5) is 16.6. The molecular formula is C13H27N5O. The Bertz CT molecular complexity index is 298. The number of rotatable bonds is 6. The highest BCUT2D eigenvalue weighted by molar-refractivity contribution is 5.74. The molecule has 0 spiro atoms. The molecule has 0 saturated heterocycles. The van der Waals surface area contributed by atoms with Crippen LogP contribution >= 0.6 is 0 Å². The fraction of sp³-hybridized carbons (Fsp3) is 0.615. The van der Waals surface area contributed by atoms with Gasteiger partial charge in [-0.1, -0.05) is 13.8 Å². The Labute approximate surface area is 115 Å². The number of aryl methyl sites for hydroxylation is 1. The van der Waals surface area contributed by atoms with Gasteiger partial charge in [0.05, 0.1) is 6.33 Å². The fourth-order valence-electron chi connectivity index (χ4n) is 0.784. The second-order valence-corrected chi connectivity index (χ2v) is 3.79. The van der Waals surface area contributed by atoms with Gasteiger partial charge < -0.3 is 15.2 Å². The van der Waals surface area contributed by atoms with Crippen LogP contribution in [-0.4, -0.2) is 28.5 Å². The van der Waals surface area contributed by atoms with Crippen LogP contribution in [0.25, 0.3) is 0 Å². The first-order chi connectivity index (χ1) is 9.12.